The van der Waals surface area contributed by atoms with Crippen molar-refractivity contribution in [3.8, 4) is 0 Å². The fourth-order valence-electron chi connectivity index (χ4n) is 4.03. The quantitative estimate of drug-likeness (QED) is 0.631. The highest BCUT2D eigenvalue weighted by Crippen LogP contribution is 2.28. The van der Waals surface area contributed by atoms with Gasteiger partial charge in [-0.25, -0.2) is 0 Å². The third-order valence-electron chi connectivity index (χ3n) is 5.60. The molecule has 1 fully saturated rings. The Hall–Kier alpha value is -1.08. The Kier molecular flexibility index (Phi) is 6.89. The summed E-state index contributed by atoms with van der Waals surface area (Å²) in [7, 11) is 0. The molecule has 128 valence electrons. The molecule has 1 aliphatic rings. The highest BCUT2D eigenvalue weighted by Gasteiger charge is 2.20. The van der Waals surface area contributed by atoms with Crippen molar-refractivity contribution in [1.29, 1.82) is 0 Å². The minimum Gasteiger partial charge on any atom is -0.299 e. The summed E-state index contributed by atoms with van der Waals surface area (Å²) in [5, 5.41) is 0. The number of allylic oxidation sites excluding steroid dienone is 1. The Morgan fingerprint density at radius 2 is 1.87 bits per heavy atom. The summed E-state index contributed by atoms with van der Waals surface area (Å²) in [5.41, 5.74) is 7.47. The topological polar surface area (TPSA) is 3.24 Å². The summed E-state index contributed by atoms with van der Waals surface area (Å²) >= 11 is 0. The lowest BCUT2D eigenvalue weighted by Crippen LogP contribution is -2.33. The average molecular weight is 314 g/mol. The van der Waals surface area contributed by atoms with Crippen LogP contribution in [0.5, 0.6) is 0 Å². The molecule has 1 nitrogen and oxygen atoms in total. The minimum absolute atomic E-state index is 0.969. The van der Waals surface area contributed by atoms with Crippen molar-refractivity contribution in [3.05, 3.63) is 40.0 Å². The molecule has 0 spiro atoms. The predicted octanol–water partition coefficient (Wildman–Crippen LogP) is 5.91. The molecule has 0 atom stereocenters. The van der Waals surface area contributed by atoms with Gasteiger partial charge in [0.15, 0.2) is 0 Å². The molecule has 0 radical (unpaired) electrons. The van der Waals surface area contributed by atoms with Crippen LogP contribution in [-0.2, 0) is 13.0 Å². The van der Waals surface area contributed by atoms with E-state index in [1.165, 1.54) is 61.0 Å². The van der Waals surface area contributed by atoms with Crippen LogP contribution < -0.4 is 0 Å². The number of aryl methyl sites for hydroxylation is 2. The van der Waals surface area contributed by atoms with Crippen LogP contribution >= 0.6 is 0 Å². The molecule has 1 aromatic rings. The molecule has 0 unspecified atom stereocenters. The fraction of sp³-hybridized carbons (Fsp3) is 0.636. The van der Waals surface area contributed by atoms with E-state index >= 15 is 0 Å². The van der Waals surface area contributed by atoms with E-state index in [0.29, 0.717) is 0 Å². The van der Waals surface area contributed by atoms with Gasteiger partial charge in [-0.05, 0) is 86.9 Å². The lowest BCUT2D eigenvalue weighted by molar-refractivity contribution is 0.171. The van der Waals surface area contributed by atoms with Crippen molar-refractivity contribution in [2.45, 2.75) is 73.3 Å². The average Bonchev–Trinajstić information content (AvgIpc) is 2.56. The van der Waals surface area contributed by atoms with Crippen LogP contribution in [0.25, 0.3) is 6.08 Å². The van der Waals surface area contributed by atoms with Gasteiger partial charge in [0, 0.05) is 6.54 Å². The molecule has 0 bridgehead atoms. The summed E-state index contributed by atoms with van der Waals surface area (Å²) in [6.45, 7) is 14.9. The third-order valence-corrected chi connectivity index (χ3v) is 5.60. The number of benzene rings is 1. The molecule has 0 amide bonds. The van der Waals surface area contributed by atoms with Gasteiger partial charge in [-0.1, -0.05) is 44.9 Å². The summed E-state index contributed by atoms with van der Waals surface area (Å²) in [6, 6.07) is 2.42. The maximum atomic E-state index is 2.68. The van der Waals surface area contributed by atoms with Gasteiger partial charge in [0.25, 0.3) is 0 Å². The highest BCUT2D eigenvalue weighted by molar-refractivity contribution is 5.62. The first kappa shape index (κ1) is 18.3. The molecule has 2 rings (SSSR count). The van der Waals surface area contributed by atoms with E-state index in [2.05, 4.69) is 57.7 Å². The Morgan fingerprint density at radius 3 is 2.43 bits per heavy atom. The molecule has 0 aromatic heterocycles. The van der Waals surface area contributed by atoms with Crippen LogP contribution in [0.1, 0.15) is 74.3 Å². The van der Waals surface area contributed by atoms with Crippen LogP contribution in [-0.4, -0.2) is 18.0 Å². The number of likely N-dealkylation sites (tertiary alicyclic amines) is 1. The molecular weight excluding hydrogens is 278 g/mol. The highest BCUT2D eigenvalue weighted by atomic mass is 15.1. The van der Waals surface area contributed by atoms with Gasteiger partial charge < -0.3 is 0 Å². The maximum absolute atomic E-state index is 2.68. The maximum Gasteiger partial charge on any atom is 0.0242 e. The molecule has 0 aliphatic carbocycles. The predicted molar refractivity (Wildman–Crippen MR) is 103 cm³/mol. The fourth-order valence-corrected chi connectivity index (χ4v) is 4.03. The van der Waals surface area contributed by atoms with Gasteiger partial charge in [0.2, 0.25) is 0 Å². The normalized spacial score (nSPS) is 17.3. The number of hydrogen-bond acceptors (Lipinski definition) is 1. The van der Waals surface area contributed by atoms with E-state index in [4.69, 9.17) is 0 Å². The number of rotatable bonds is 6. The van der Waals surface area contributed by atoms with Gasteiger partial charge in [-0.15, -0.1) is 0 Å². The van der Waals surface area contributed by atoms with Gasteiger partial charge in [0.05, 0.1) is 0 Å². The largest absolute Gasteiger partial charge is 0.299 e. The molecule has 0 N–H and O–H groups in total. The van der Waals surface area contributed by atoms with Crippen LogP contribution in [0, 0.1) is 19.8 Å². The second kappa shape index (κ2) is 8.68. The number of hydrogen-bond donors (Lipinski definition) is 0. The summed E-state index contributed by atoms with van der Waals surface area (Å²) in [6.07, 6.45) is 11.2. The molecule has 1 aromatic carbocycles. The van der Waals surface area contributed by atoms with Crippen molar-refractivity contribution in [3.63, 3.8) is 0 Å². The second-order valence-electron chi connectivity index (χ2n) is 7.23. The van der Waals surface area contributed by atoms with Crippen molar-refractivity contribution in [1.82, 2.24) is 4.90 Å². The first-order chi connectivity index (χ1) is 11.1. The van der Waals surface area contributed by atoms with E-state index < -0.39 is 0 Å². The van der Waals surface area contributed by atoms with Crippen LogP contribution in [0.2, 0.25) is 0 Å². The monoisotopic (exact) mass is 313 g/mol. The number of piperidine rings is 1. The smallest absolute Gasteiger partial charge is 0.0242 e. The molecule has 1 heteroatoms. The van der Waals surface area contributed by atoms with Crippen LogP contribution in [0.4, 0.5) is 0 Å². The SMILES string of the molecule is C/C=C\c1c(C)c(C)cc(CC)c1CN1CCC(CCC)CC1. The Balaban J connectivity index is 2.20. The first-order valence-electron chi connectivity index (χ1n) is 9.57. The van der Waals surface area contributed by atoms with E-state index in [-0.39, 0.29) is 0 Å². The third kappa shape index (κ3) is 4.47. The molecule has 1 heterocycles. The van der Waals surface area contributed by atoms with E-state index in [9.17, 15) is 0 Å². The first-order valence-corrected chi connectivity index (χ1v) is 9.57. The van der Waals surface area contributed by atoms with Crippen LogP contribution in [0.15, 0.2) is 12.1 Å². The standard InChI is InChI=1S/C22H35N/c1-6-9-19-11-13-23(14-12-19)16-22-20(8-3)15-17(4)18(5)21(22)10-7-2/h7,10,15,19H,6,8-9,11-14,16H2,1-5H3/b10-7-. The van der Waals surface area contributed by atoms with Gasteiger partial charge in [-0.3, -0.25) is 4.90 Å². The van der Waals surface area contributed by atoms with Crippen molar-refractivity contribution < 1.29 is 0 Å². The Labute approximate surface area is 143 Å². The molecule has 1 saturated heterocycles. The molecule has 1 aliphatic heterocycles. The van der Waals surface area contributed by atoms with Crippen molar-refractivity contribution in [2.75, 3.05) is 13.1 Å². The van der Waals surface area contributed by atoms with Gasteiger partial charge in [-0.2, -0.15) is 0 Å². The number of nitrogens with zero attached hydrogens (tertiary/aromatic N) is 1. The second-order valence-corrected chi connectivity index (χ2v) is 7.23. The summed E-state index contributed by atoms with van der Waals surface area (Å²) in [4.78, 5) is 2.68. The molecule has 23 heavy (non-hydrogen) atoms. The summed E-state index contributed by atoms with van der Waals surface area (Å²) < 4.78 is 0. The molecule has 0 saturated carbocycles. The van der Waals surface area contributed by atoms with Crippen molar-refractivity contribution in [2.24, 2.45) is 5.92 Å². The lowest BCUT2D eigenvalue weighted by atomic mass is 9.89. The van der Waals surface area contributed by atoms with E-state index in [1.54, 1.807) is 5.56 Å². The van der Waals surface area contributed by atoms with Gasteiger partial charge >= 0.3 is 0 Å². The van der Waals surface area contributed by atoms with E-state index in [0.717, 1.165) is 18.9 Å². The zero-order valence-corrected chi connectivity index (χ0v) is 15.9. The van der Waals surface area contributed by atoms with E-state index in [1.807, 2.05) is 0 Å². The minimum atomic E-state index is 0.969. The Morgan fingerprint density at radius 1 is 1.17 bits per heavy atom. The zero-order valence-electron chi connectivity index (χ0n) is 15.9. The lowest BCUT2D eigenvalue weighted by Gasteiger charge is -2.33. The summed E-state index contributed by atoms with van der Waals surface area (Å²) in [5.74, 6) is 0.969. The zero-order chi connectivity index (χ0) is 16.8. The van der Waals surface area contributed by atoms with Gasteiger partial charge in [0.1, 0.15) is 0 Å². The van der Waals surface area contributed by atoms with Crippen molar-refractivity contribution >= 4 is 6.08 Å². The molecular formula is C22H35N. The van der Waals surface area contributed by atoms with Crippen LogP contribution in [0.3, 0.4) is 0 Å². The Bertz CT molecular complexity index is 533.